The Kier molecular flexibility index (Phi) is 9.12. The third-order valence-corrected chi connectivity index (χ3v) is 6.75. The third kappa shape index (κ3) is 7.12. The molecule has 3 aromatic carbocycles. The number of hydrogen-bond acceptors (Lipinski definition) is 5. The normalized spacial score (nSPS) is 13.4. The first-order valence-corrected chi connectivity index (χ1v) is 12.8. The lowest BCUT2D eigenvalue weighted by Crippen LogP contribution is -2.47. The van der Waals surface area contributed by atoms with Crippen molar-refractivity contribution in [1.29, 1.82) is 0 Å². The molecule has 3 N–H and O–H groups in total. The Labute approximate surface area is 228 Å². The zero-order valence-corrected chi connectivity index (χ0v) is 22.1. The number of alkyl carbamates (subject to hydrolysis) is 1. The molecular formula is C31H33N3O5. The van der Waals surface area contributed by atoms with E-state index in [1.807, 2.05) is 59.5 Å². The number of carboxylic acid groups (broad SMARTS) is 1. The summed E-state index contributed by atoms with van der Waals surface area (Å²) in [5.41, 5.74) is 5.90. The summed E-state index contributed by atoms with van der Waals surface area (Å²) in [6.45, 7) is 2.53. The van der Waals surface area contributed by atoms with Gasteiger partial charge in [-0.1, -0.05) is 84.9 Å². The maximum absolute atomic E-state index is 12.6. The molecule has 8 heteroatoms. The topological polar surface area (TPSA) is 108 Å². The van der Waals surface area contributed by atoms with Crippen molar-refractivity contribution in [2.45, 2.75) is 25.4 Å². The molecule has 1 aliphatic rings. The van der Waals surface area contributed by atoms with E-state index in [1.165, 1.54) is 6.08 Å². The average molecular weight is 528 g/mol. The number of nitrogens with zero attached hydrogens (tertiary/aromatic N) is 1. The number of carbonyl (C=O) groups is 3. The van der Waals surface area contributed by atoms with Crippen LogP contribution in [0, 0.1) is 0 Å². The van der Waals surface area contributed by atoms with Crippen LogP contribution in [0.2, 0.25) is 0 Å². The largest absolute Gasteiger partial charge is 0.480 e. The monoisotopic (exact) mass is 527 g/mol. The van der Waals surface area contributed by atoms with Crippen LogP contribution in [0.3, 0.4) is 0 Å². The highest BCUT2D eigenvalue weighted by Gasteiger charge is 2.29. The van der Waals surface area contributed by atoms with Crippen molar-refractivity contribution >= 4 is 18.0 Å². The molecule has 3 aromatic rings. The second-order valence-electron chi connectivity index (χ2n) is 9.64. The van der Waals surface area contributed by atoms with Gasteiger partial charge in [0.1, 0.15) is 12.6 Å². The molecule has 0 aliphatic heterocycles. The van der Waals surface area contributed by atoms with Crippen LogP contribution in [0.1, 0.15) is 29.5 Å². The van der Waals surface area contributed by atoms with Gasteiger partial charge in [-0.2, -0.15) is 0 Å². The van der Waals surface area contributed by atoms with Crippen LogP contribution in [-0.2, 0) is 20.9 Å². The molecule has 1 unspecified atom stereocenters. The minimum atomic E-state index is -1.12. The number of likely N-dealkylation sites (N-methyl/N-ethyl adjacent to an activating group) is 1. The van der Waals surface area contributed by atoms with Crippen molar-refractivity contribution in [2.24, 2.45) is 0 Å². The first kappa shape index (κ1) is 27.6. The number of rotatable bonds is 11. The Bertz CT molecular complexity index is 1310. The van der Waals surface area contributed by atoms with Gasteiger partial charge in [-0.15, -0.1) is 0 Å². The van der Waals surface area contributed by atoms with Crippen molar-refractivity contribution in [3.05, 3.63) is 107 Å². The Balaban J connectivity index is 1.25. The maximum atomic E-state index is 12.6. The summed E-state index contributed by atoms with van der Waals surface area (Å²) < 4.78 is 5.51. The molecule has 0 aromatic heterocycles. The Hall–Kier alpha value is -4.43. The van der Waals surface area contributed by atoms with E-state index < -0.39 is 24.0 Å². The molecule has 0 saturated heterocycles. The van der Waals surface area contributed by atoms with E-state index in [2.05, 4.69) is 34.9 Å². The van der Waals surface area contributed by atoms with Gasteiger partial charge in [-0.3, -0.25) is 9.69 Å². The molecule has 0 spiro atoms. The molecule has 4 rings (SSSR count). The van der Waals surface area contributed by atoms with Crippen molar-refractivity contribution in [2.75, 3.05) is 26.7 Å². The fourth-order valence-corrected chi connectivity index (χ4v) is 4.76. The zero-order chi connectivity index (χ0) is 27.8. The molecular weight excluding hydrogens is 494 g/mol. The fourth-order valence-electron chi connectivity index (χ4n) is 4.76. The van der Waals surface area contributed by atoms with E-state index in [-0.39, 0.29) is 25.6 Å². The molecule has 0 heterocycles. The predicted octanol–water partition coefficient (Wildman–Crippen LogP) is 4.17. The number of amides is 2. The SMILES string of the molecule is C/C(=C\CNC(=O)OCC1c2ccccc2-c2ccccc21)C(=O)NC(CN(C)Cc1ccccc1)C(=O)O. The summed E-state index contributed by atoms with van der Waals surface area (Å²) in [4.78, 5) is 38.6. The minimum absolute atomic E-state index is 0.0424. The Morgan fingerprint density at radius 2 is 1.54 bits per heavy atom. The standard InChI is InChI=1S/C31H33N3O5/c1-21(29(35)33-28(30(36)37)19-34(2)18-22-10-4-3-5-11-22)16-17-32-31(38)39-20-27-25-14-8-6-12-23(25)24-13-7-9-15-26(24)27/h3-16,27-28H,17-20H2,1-2H3,(H,32,38)(H,33,35)(H,36,37)/b21-16+. The highest BCUT2D eigenvalue weighted by Crippen LogP contribution is 2.44. The number of ether oxygens (including phenoxy) is 1. The average Bonchev–Trinajstić information content (AvgIpc) is 3.25. The van der Waals surface area contributed by atoms with Crippen molar-refractivity contribution in [3.8, 4) is 11.1 Å². The van der Waals surface area contributed by atoms with E-state index >= 15 is 0 Å². The van der Waals surface area contributed by atoms with Gasteiger partial charge in [-0.05, 0) is 41.8 Å². The van der Waals surface area contributed by atoms with E-state index in [0.717, 1.165) is 27.8 Å². The molecule has 0 bridgehead atoms. The predicted molar refractivity (Wildman–Crippen MR) is 149 cm³/mol. The second kappa shape index (κ2) is 12.9. The van der Waals surface area contributed by atoms with Gasteiger partial charge in [0.15, 0.2) is 0 Å². The van der Waals surface area contributed by atoms with Crippen LogP contribution in [-0.4, -0.2) is 60.8 Å². The summed E-state index contributed by atoms with van der Waals surface area (Å²) in [6.07, 6.45) is 0.941. The van der Waals surface area contributed by atoms with Crippen molar-refractivity contribution in [3.63, 3.8) is 0 Å². The van der Waals surface area contributed by atoms with E-state index in [1.54, 1.807) is 14.0 Å². The van der Waals surface area contributed by atoms with Gasteiger partial charge in [-0.25, -0.2) is 9.59 Å². The Morgan fingerprint density at radius 3 is 2.15 bits per heavy atom. The second-order valence-corrected chi connectivity index (χ2v) is 9.64. The van der Waals surface area contributed by atoms with Crippen LogP contribution >= 0.6 is 0 Å². The van der Waals surface area contributed by atoms with Gasteiger partial charge >= 0.3 is 12.1 Å². The lowest BCUT2D eigenvalue weighted by molar-refractivity contribution is -0.141. The summed E-state index contributed by atoms with van der Waals surface area (Å²) in [5.74, 6) is -1.67. The van der Waals surface area contributed by atoms with E-state index in [0.29, 0.717) is 12.1 Å². The molecule has 8 nitrogen and oxygen atoms in total. The van der Waals surface area contributed by atoms with E-state index in [9.17, 15) is 19.5 Å². The summed E-state index contributed by atoms with van der Waals surface area (Å²) in [5, 5.41) is 14.8. The molecule has 39 heavy (non-hydrogen) atoms. The number of hydrogen-bond donors (Lipinski definition) is 3. The van der Waals surface area contributed by atoms with Crippen molar-refractivity contribution in [1.82, 2.24) is 15.5 Å². The number of carboxylic acids is 1. The summed E-state index contributed by atoms with van der Waals surface area (Å²) in [6, 6.07) is 24.8. The highest BCUT2D eigenvalue weighted by molar-refractivity contribution is 5.95. The third-order valence-electron chi connectivity index (χ3n) is 6.75. The maximum Gasteiger partial charge on any atom is 0.407 e. The first-order chi connectivity index (χ1) is 18.8. The van der Waals surface area contributed by atoms with Crippen LogP contribution in [0.5, 0.6) is 0 Å². The van der Waals surface area contributed by atoms with Gasteiger partial charge in [0.25, 0.3) is 0 Å². The highest BCUT2D eigenvalue weighted by atomic mass is 16.5. The van der Waals surface area contributed by atoms with E-state index in [4.69, 9.17) is 4.74 Å². The Morgan fingerprint density at radius 1 is 0.949 bits per heavy atom. The molecule has 2 amide bonds. The smallest absolute Gasteiger partial charge is 0.407 e. The lowest BCUT2D eigenvalue weighted by Gasteiger charge is -2.22. The molecule has 202 valence electrons. The lowest BCUT2D eigenvalue weighted by atomic mass is 9.98. The summed E-state index contributed by atoms with van der Waals surface area (Å²) in [7, 11) is 1.80. The van der Waals surface area contributed by atoms with Crippen LogP contribution in [0.15, 0.2) is 90.5 Å². The fraction of sp³-hybridized carbons (Fsp3) is 0.258. The quantitative estimate of drug-likeness (QED) is 0.323. The first-order valence-electron chi connectivity index (χ1n) is 12.8. The van der Waals surface area contributed by atoms with Crippen LogP contribution in [0.25, 0.3) is 11.1 Å². The number of nitrogens with one attached hydrogen (secondary N) is 2. The number of benzene rings is 3. The number of aliphatic carboxylic acids is 1. The summed E-state index contributed by atoms with van der Waals surface area (Å²) >= 11 is 0. The molecule has 0 saturated carbocycles. The molecule has 1 aliphatic carbocycles. The van der Waals surface area contributed by atoms with Crippen LogP contribution < -0.4 is 10.6 Å². The van der Waals surface area contributed by atoms with Crippen molar-refractivity contribution < 1.29 is 24.2 Å². The van der Waals surface area contributed by atoms with Gasteiger partial charge in [0, 0.05) is 31.1 Å². The molecule has 0 fully saturated rings. The van der Waals surface area contributed by atoms with Gasteiger partial charge in [0.05, 0.1) is 0 Å². The number of carbonyl (C=O) groups excluding carboxylic acids is 2. The molecule has 1 atom stereocenters. The molecule has 0 radical (unpaired) electrons. The minimum Gasteiger partial charge on any atom is -0.480 e. The number of fused-ring (bicyclic) bond motifs is 3. The van der Waals surface area contributed by atoms with Gasteiger partial charge < -0.3 is 20.5 Å². The zero-order valence-electron chi connectivity index (χ0n) is 22.1. The van der Waals surface area contributed by atoms with Crippen LogP contribution in [0.4, 0.5) is 4.79 Å². The van der Waals surface area contributed by atoms with Gasteiger partial charge in [0.2, 0.25) is 5.91 Å².